The van der Waals surface area contributed by atoms with Crippen molar-refractivity contribution in [2.24, 2.45) is 0 Å². The summed E-state index contributed by atoms with van der Waals surface area (Å²) in [4.78, 5) is 5.21. The van der Waals surface area contributed by atoms with Gasteiger partial charge in [0.25, 0.3) is 0 Å². The Labute approximate surface area is 165 Å². The van der Waals surface area contributed by atoms with Gasteiger partial charge in [-0.05, 0) is 25.7 Å². The van der Waals surface area contributed by atoms with Gasteiger partial charge >= 0.3 is 0 Å². The highest BCUT2D eigenvalue weighted by molar-refractivity contribution is 4.96. The molecule has 0 amide bonds. The topological polar surface area (TPSA) is 6.48 Å². The Balaban J connectivity index is 2.13. The van der Waals surface area contributed by atoms with Crippen LogP contribution in [-0.2, 0) is 0 Å². The summed E-state index contributed by atoms with van der Waals surface area (Å²) in [5, 5.41) is 0. The van der Waals surface area contributed by atoms with E-state index < -0.39 is 0 Å². The Morgan fingerprint density at radius 2 is 0.962 bits per heavy atom. The maximum absolute atomic E-state index is 2.62. The van der Waals surface area contributed by atoms with Crippen LogP contribution in [0.2, 0.25) is 0 Å². The van der Waals surface area contributed by atoms with Gasteiger partial charge in [0.15, 0.2) is 0 Å². The van der Waals surface area contributed by atoms with Gasteiger partial charge in [0.2, 0.25) is 0 Å². The van der Waals surface area contributed by atoms with Gasteiger partial charge in [-0.15, -0.1) is 0 Å². The van der Waals surface area contributed by atoms with E-state index in [9.17, 15) is 0 Å². The Hall–Kier alpha value is -0.660. The van der Waals surface area contributed by atoms with Gasteiger partial charge in [0, 0.05) is 25.5 Å². The molecule has 0 saturated carbocycles. The van der Waals surface area contributed by atoms with Crippen LogP contribution in [0, 0.1) is 0 Å². The molecule has 2 nitrogen and oxygen atoms in total. The van der Waals surface area contributed by atoms with Gasteiger partial charge in [-0.3, -0.25) is 0 Å². The van der Waals surface area contributed by atoms with E-state index >= 15 is 0 Å². The van der Waals surface area contributed by atoms with Crippen LogP contribution in [-0.4, -0.2) is 29.1 Å². The first-order valence-electron chi connectivity index (χ1n) is 12.0. The molecule has 1 atom stereocenters. The van der Waals surface area contributed by atoms with Crippen LogP contribution in [0.5, 0.6) is 0 Å². The summed E-state index contributed by atoms with van der Waals surface area (Å²) in [5.41, 5.74) is 0. The SMILES string of the molecule is CCCCCCCCCCCCC1N(CCC)C=CN1CCCCCC. The molecule has 1 heterocycles. The molecule has 2 heteroatoms. The third-order valence-electron chi connectivity index (χ3n) is 5.78. The maximum Gasteiger partial charge on any atom is 0.101 e. The summed E-state index contributed by atoms with van der Waals surface area (Å²) in [7, 11) is 0. The molecule has 0 aromatic carbocycles. The first-order chi connectivity index (χ1) is 12.8. The minimum absolute atomic E-state index is 0.644. The summed E-state index contributed by atoms with van der Waals surface area (Å²) in [6.07, 6.45) is 27.8. The third-order valence-corrected chi connectivity index (χ3v) is 5.78. The van der Waals surface area contributed by atoms with Gasteiger partial charge in [0.1, 0.15) is 6.17 Å². The summed E-state index contributed by atoms with van der Waals surface area (Å²) in [6.45, 7) is 9.36. The first kappa shape index (κ1) is 23.4. The monoisotopic (exact) mass is 364 g/mol. The average Bonchev–Trinajstić information content (AvgIpc) is 3.02. The smallest absolute Gasteiger partial charge is 0.101 e. The lowest BCUT2D eigenvalue weighted by Gasteiger charge is -2.33. The Morgan fingerprint density at radius 1 is 0.500 bits per heavy atom. The van der Waals surface area contributed by atoms with Crippen molar-refractivity contribution in [3.8, 4) is 0 Å². The molecule has 1 rings (SSSR count). The second-order valence-electron chi connectivity index (χ2n) is 8.29. The molecule has 1 aliphatic rings. The van der Waals surface area contributed by atoms with Gasteiger partial charge in [0.05, 0.1) is 0 Å². The molecule has 1 aliphatic heterocycles. The number of hydrogen-bond acceptors (Lipinski definition) is 2. The summed E-state index contributed by atoms with van der Waals surface area (Å²) in [6, 6.07) is 0. The molecule has 1 unspecified atom stereocenters. The van der Waals surface area contributed by atoms with Crippen LogP contribution in [0.25, 0.3) is 0 Å². The third kappa shape index (κ3) is 10.5. The molecule has 0 saturated heterocycles. The van der Waals surface area contributed by atoms with Crippen LogP contribution >= 0.6 is 0 Å². The zero-order valence-electron chi connectivity index (χ0n) is 18.4. The molecule has 0 spiro atoms. The van der Waals surface area contributed by atoms with E-state index in [2.05, 4.69) is 43.0 Å². The molecule has 0 radical (unpaired) electrons. The van der Waals surface area contributed by atoms with Crippen molar-refractivity contribution < 1.29 is 0 Å². The molecular weight excluding hydrogens is 316 g/mol. The van der Waals surface area contributed by atoms with Crippen molar-refractivity contribution >= 4 is 0 Å². The molecule has 154 valence electrons. The van der Waals surface area contributed by atoms with Crippen LogP contribution in [0.1, 0.15) is 124 Å². The van der Waals surface area contributed by atoms with Gasteiger partial charge < -0.3 is 9.80 Å². The van der Waals surface area contributed by atoms with E-state index in [1.54, 1.807) is 0 Å². The van der Waals surface area contributed by atoms with Crippen molar-refractivity contribution in [1.82, 2.24) is 9.80 Å². The first-order valence-corrected chi connectivity index (χ1v) is 12.0. The van der Waals surface area contributed by atoms with Crippen molar-refractivity contribution in [1.29, 1.82) is 0 Å². The van der Waals surface area contributed by atoms with Gasteiger partial charge in [-0.2, -0.15) is 0 Å². The normalized spacial score (nSPS) is 16.8. The second-order valence-corrected chi connectivity index (χ2v) is 8.29. The van der Waals surface area contributed by atoms with Gasteiger partial charge in [-0.25, -0.2) is 0 Å². The molecule has 0 aliphatic carbocycles. The molecule has 0 aromatic heterocycles. The predicted octanol–water partition coefficient (Wildman–Crippen LogP) is 7.70. The summed E-state index contributed by atoms with van der Waals surface area (Å²) < 4.78 is 0. The lowest BCUT2D eigenvalue weighted by molar-refractivity contribution is 0.137. The highest BCUT2D eigenvalue weighted by Gasteiger charge is 2.24. The second kappa shape index (κ2) is 16.5. The largest absolute Gasteiger partial charge is 0.356 e. The van der Waals surface area contributed by atoms with Crippen LogP contribution in [0.4, 0.5) is 0 Å². The Bertz CT molecular complexity index is 326. The standard InChI is InChI=1S/C24H48N2/c1-4-7-9-11-12-13-14-15-16-17-19-24-25(20-6-3)22-23-26(24)21-18-10-8-5-2/h22-24H,4-21H2,1-3H3. The van der Waals surface area contributed by atoms with Crippen LogP contribution < -0.4 is 0 Å². The quantitative estimate of drug-likeness (QED) is 0.230. The van der Waals surface area contributed by atoms with Crippen molar-refractivity contribution in [2.45, 2.75) is 130 Å². The molecule has 0 N–H and O–H groups in total. The lowest BCUT2D eigenvalue weighted by atomic mass is 10.0. The van der Waals surface area contributed by atoms with E-state index in [-0.39, 0.29) is 0 Å². The minimum Gasteiger partial charge on any atom is -0.356 e. The van der Waals surface area contributed by atoms with E-state index in [1.807, 2.05) is 0 Å². The fourth-order valence-corrected chi connectivity index (χ4v) is 4.13. The van der Waals surface area contributed by atoms with E-state index in [4.69, 9.17) is 0 Å². The van der Waals surface area contributed by atoms with Crippen LogP contribution in [0.15, 0.2) is 12.4 Å². The van der Waals surface area contributed by atoms with Crippen molar-refractivity contribution in [3.05, 3.63) is 12.4 Å². The molecule has 26 heavy (non-hydrogen) atoms. The Kier molecular flexibility index (Phi) is 14.8. The highest BCUT2D eigenvalue weighted by atomic mass is 15.4. The van der Waals surface area contributed by atoms with Crippen LogP contribution in [0.3, 0.4) is 0 Å². The van der Waals surface area contributed by atoms with E-state index in [0.717, 1.165) is 0 Å². The molecule has 0 bridgehead atoms. The van der Waals surface area contributed by atoms with E-state index in [1.165, 1.54) is 116 Å². The predicted molar refractivity (Wildman–Crippen MR) is 117 cm³/mol. The Morgan fingerprint density at radius 3 is 1.50 bits per heavy atom. The van der Waals surface area contributed by atoms with E-state index in [0.29, 0.717) is 6.17 Å². The minimum atomic E-state index is 0.644. The number of unbranched alkanes of at least 4 members (excludes halogenated alkanes) is 12. The fourth-order valence-electron chi connectivity index (χ4n) is 4.13. The average molecular weight is 365 g/mol. The molecule has 0 fully saturated rings. The zero-order valence-corrected chi connectivity index (χ0v) is 18.4. The number of nitrogens with zero attached hydrogens (tertiary/aromatic N) is 2. The summed E-state index contributed by atoms with van der Waals surface area (Å²) in [5.74, 6) is 0. The molecule has 0 aromatic rings. The highest BCUT2D eigenvalue weighted by Crippen LogP contribution is 2.23. The maximum atomic E-state index is 2.62. The number of hydrogen-bond donors (Lipinski definition) is 0. The fraction of sp³-hybridized carbons (Fsp3) is 0.917. The lowest BCUT2D eigenvalue weighted by Crippen LogP contribution is -2.39. The zero-order chi connectivity index (χ0) is 18.9. The number of rotatable bonds is 18. The van der Waals surface area contributed by atoms with Crippen molar-refractivity contribution in [3.63, 3.8) is 0 Å². The van der Waals surface area contributed by atoms with Gasteiger partial charge in [-0.1, -0.05) is 97.8 Å². The molecular formula is C24H48N2. The summed E-state index contributed by atoms with van der Waals surface area (Å²) >= 11 is 0. The van der Waals surface area contributed by atoms with Crippen molar-refractivity contribution in [2.75, 3.05) is 13.1 Å².